The van der Waals surface area contributed by atoms with Crippen molar-refractivity contribution in [2.45, 2.75) is 37.5 Å². The van der Waals surface area contributed by atoms with Crippen LogP contribution in [-0.4, -0.2) is 37.7 Å². The number of carbonyl (C=O) groups is 2. The highest BCUT2D eigenvalue weighted by Crippen LogP contribution is 2.24. The molecule has 0 bridgehead atoms. The third-order valence-corrected chi connectivity index (χ3v) is 4.91. The summed E-state index contributed by atoms with van der Waals surface area (Å²) in [6.07, 6.45) is 3.64. The summed E-state index contributed by atoms with van der Waals surface area (Å²) < 4.78 is 22.5. The molecule has 7 heteroatoms. The van der Waals surface area contributed by atoms with Crippen LogP contribution in [0.1, 0.15) is 41.6 Å². The molecular weight excluding hydrogens is 318 g/mol. The molecule has 0 spiro atoms. The van der Waals surface area contributed by atoms with Crippen LogP contribution in [0.5, 0.6) is 0 Å². The molecule has 0 unspecified atom stereocenters. The lowest BCUT2D eigenvalue weighted by molar-refractivity contribution is -0.142. The molecule has 0 atom stereocenters. The van der Waals surface area contributed by atoms with Gasteiger partial charge in [-0.3, -0.25) is 9.59 Å². The van der Waals surface area contributed by atoms with Crippen LogP contribution >= 0.6 is 0 Å². The predicted octanol–water partition coefficient (Wildman–Crippen LogP) is 1.60. The maximum atomic E-state index is 12.2. The first kappa shape index (κ1) is 17.5. The van der Waals surface area contributed by atoms with E-state index in [2.05, 4.69) is 5.32 Å². The minimum atomic E-state index is -3.09. The van der Waals surface area contributed by atoms with Crippen LogP contribution in [0.3, 0.4) is 0 Å². The minimum Gasteiger partial charge on any atom is -0.481 e. The third-order valence-electron chi connectivity index (χ3n) is 4.06. The van der Waals surface area contributed by atoms with Crippen LogP contribution in [-0.2, 0) is 20.4 Å². The van der Waals surface area contributed by atoms with Gasteiger partial charge in [0.25, 0.3) is 5.91 Å². The van der Waals surface area contributed by atoms with Gasteiger partial charge in [-0.05, 0) is 43.4 Å². The van der Waals surface area contributed by atoms with Crippen molar-refractivity contribution < 1.29 is 23.1 Å². The smallest absolute Gasteiger partial charge is 0.306 e. The van der Waals surface area contributed by atoms with Gasteiger partial charge in [0.2, 0.25) is 0 Å². The molecule has 0 radical (unpaired) electrons. The number of nitrogens with one attached hydrogen (secondary N) is 1. The van der Waals surface area contributed by atoms with Gasteiger partial charge >= 0.3 is 5.97 Å². The Morgan fingerprint density at radius 1 is 1.13 bits per heavy atom. The molecule has 0 heterocycles. The number of aliphatic carboxylic acids is 1. The molecule has 2 rings (SSSR count). The van der Waals surface area contributed by atoms with Gasteiger partial charge in [-0.15, -0.1) is 0 Å². The third kappa shape index (κ3) is 5.35. The highest BCUT2D eigenvalue weighted by molar-refractivity contribution is 7.89. The quantitative estimate of drug-likeness (QED) is 0.849. The molecule has 23 heavy (non-hydrogen) atoms. The zero-order valence-electron chi connectivity index (χ0n) is 13.0. The number of carbonyl (C=O) groups excluding carboxylic acids is 1. The number of carboxylic acid groups (broad SMARTS) is 1. The fourth-order valence-electron chi connectivity index (χ4n) is 2.81. The van der Waals surface area contributed by atoms with E-state index in [9.17, 15) is 18.0 Å². The second kappa shape index (κ2) is 7.12. The second-order valence-electron chi connectivity index (χ2n) is 6.13. The van der Waals surface area contributed by atoms with Crippen LogP contribution in [0.15, 0.2) is 24.3 Å². The molecule has 0 aliphatic heterocycles. The maximum Gasteiger partial charge on any atom is 0.306 e. The number of sulfone groups is 1. The van der Waals surface area contributed by atoms with Crippen LogP contribution in [0, 0.1) is 5.92 Å². The summed E-state index contributed by atoms with van der Waals surface area (Å²) in [5.74, 6) is -1.34. The number of rotatable bonds is 5. The maximum absolute atomic E-state index is 12.2. The van der Waals surface area contributed by atoms with E-state index in [1.807, 2.05) is 0 Å². The highest BCUT2D eigenvalue weighted by atomic mass is 32.2. The van der Waals surface area contributed by atoms with E-state index in [4.69, 9.17) is 5.11 Å². The number of hydrogen-bond donors (Lipinski definition) is 2. The number of carboxylic acids is 1. The van der Waals surface area contributed by atoms with Crippen molar-refractivity contribution in [2.75, 3.05) is 6.26 Å². The van der Waals surface area contributed by atoms with Gasteiger partial charge in [0, 0.05) is 17.9 Å². The molecule has 0 saturated heterocycles. The summed E-state index contributed by atoms with van der Waals surface area (Å²) in [7, 11) is -3.09. The van der Waals surface area contributed by atoms with Gasteiger partial charge in [-0.2, -0.15) is 0 Å². The topological polar surface area (TPSA) is 101 Å². The van der Waals surface area contributed by atoms with Gasteiger partial charge in [-0.1, -0.05) is 12.1 Å². The Labute approximate surface area is 135 Å². The van der Waals surface area contributed by atoms with Crippen molar-refractivity contribution in [3.63, 3.8) is 0 Å². The molecule has 1 aliphatic carbocycles. The molecule has 2 N–H and O–H groups in total. The SMILES string of the molecule is CS(=O)(=O)Cc1ccc(C(=O)NC2CCC(C(=O)O)CC2)cc1. The van der Waals surface area contributed by atoms with Gasteiger partial charge in [0.1, 0.15) is 0 Å². The predicted molar refractivity (Wildman–Crippen MR) is 85.8 cm³/mol. The summed E-state index contributed by atoms with van der Waals surface area (Å²) in [4.78, 5) is 23.1. The van der Waals surface area contributed by atoms with Crippen LogP contribution in [0.2, 0.25) is 0 Å². The fourth-order valence-corrected chi connectivity index (χ4v) is 3.61. The van der Waals surface area contributed by atoms with Gasteiger partial charge in [-0.25, -0.2) is 8.42 Å². The molecule has 1 aromatic carbocycles. The normalized spacial score (nSPS) is 21.6. The zero-order chi connectivity index (χ0) is 17.0. The average Bonchev–Trinajstić information content (AvgIpc) is 2.46. The lowest BCUT2D eigenvalue weighted by Gasteiger charge is -2.26. The first-order valence-corrected chi connectivity index (χ1v) is 9.61. The van der Waals surface area contributed by atoms with Crippen molar-refractivity contribution in [2.24, 2.45) is 5.92 Å². The largest absolute Gasteiger partial charge is 0.481 e. The Bertz CT molecular complexity index is 673. The molecule has 1 amide bonds. The van der Waals surface area contributed by atoms with Crippen LogP contribution < -0.4 is 5.32 Å². The molecule has 1 saturated carbocycles. The Kier molecular flexibility index (Phi) is 5.41. The molecule has 6 nitrogen and oxygen atoms in total. The first-order chi connectivity index (χ1) is 10.7. The van der Waals surface area contributed by atoms with E-state index in [0.29, 0.717) is 36.8 Å². The number of hydrogen-bond acceptors (Lipinski definition) is 4. The first-order valence-electron chi connectivity index (χ1n) is 7.55. The molecule has 126 valence electrons. The summed E-state index contributed by atoms with van der Waals surface area (Å²) in [5.41, 5.74) is 1.12. The summed E-state index contributed by atoms with van der Waals surface area (Å²) in [6, 6.07) is 6.49. The number of benzene rings is 1. The van der Waals surface area contributed by atoms with Crippen LogP contribution in [0.25, 0.3) is 0 Å². The van der Waals surface area contributed by atoms with E-state index in [-0.39, 0.29) is 23.6 Å². The molecule has 1 aliphatic rings. The van der Waals surface area contributed by atoms with E-state index in [1.165, 1.54) is 6.26 Å². The molecule has 1 fully saturated rings. The standard InChI is InChI=1S/C16H21NO5S/c1-23(21,22)10-11-2-4-12(5-3-11)15(18)17-14-8-6-13(7-9-14)16(19)20/h2-5,13-14H,6-10H2,1H3,(H,17,18)(H,19,20). The van der Waals surface area contributed by atoms with Gasteiger partial charge in [0.15, 0.2) is 9.84 Å². The second-order valence-corrected chi connectivity index (χ2v) is 8.27. The Morgan fingerprint density at radius 2 is 1.70 bits per heavy atom. The minimum absolute atomic E-state index is 0.00574. The van der Waals surface area contributed by atoms with Crippen molar-refractivity contribution >= 4 is 21.7 Å². The lowest BCUT2D eigenvalue weighted by Crippen LogP contribution is -2.38. The van der Waals surface area contributed by atoms with E-state index >= 15 is 0 Å². The fraction of sp³-hybridized carbons (Fsp3) is 0.500. The van der Waals surface area contributed by atoms with Crippen molar-refractivity contribution in [1.29, 1.82) is 0 Å². The Balaban J connectivity index is 1.90. The summed E-state index contributed by atoms with van der Waals surface area (Å²) in [6.45, 7) is 0. The van der Waals surface area contributed by atoms with Gasteiger partial charge < -0.3 is 10.4 Å². The van der Waals surface area contributed by atoms with Gasteiger partial charge in [0.05, 0.1) is 11.7 Å². The molecule has 0 aromatic heterocycles. The molecule has 1 aromatic rings. The number of amides is 1. The van der Waals surface area contributed by atoms with E-state index in [0.717, 1.165) is 0 Å². The van der Waals surface area contributed by atoms with Crippen molar-refractivity contribution in [3.8, 4) is 0 Å². The Hall–Kier alpha value is -1.89. The lowest BCUT2D eigenvalue weighted by atomic mass is 9.86. The highest BCUT2D eigenvalue weighted by Gasteiger charge is 2.26. The van der Waals surface area contributed by atoms with E-state index < -0.39 is 15.8 Å². The van der Waals surface area contributed by atoms with Crippen molar-refractivity contribution in [3.05, 3.63) is 35.4 Å². The summed E-state index contributed by atoms with van der Waals surface area (Å²) in [5, 5.41) is 11.9. The van der Waals surface area contributed by atoms with E-state index in [1.54, 1.807) is 24.3 Å². The Morgan fingerprint density at radius 3 is 2.17 bits per heavy atom. The zero-order valence-corrected chi connectivity index (χ0v) is 13.8. The average molecular weight is 339 g/mol. The monoisotopic (exact) mass is 339 g/mol. The molecular formula is C16H21NO5S. The van der Waals surface area contributed by atoms with Crippen molar-refractivity contribution in [1.82, 2.24) is 5.32 Å². The van der Waals surface area contributed by atoms with Crippen LogP contribution in [0.4, 0.5) is 0 Å². The summed E-state index contributed by atoms with van der Waals surface area (Å²) >= 11 is 0.